The molecule has 1 aromatic carbocycles. The topological polar surface area (TPSA) is 106 Å². The van der Waals surface area contributed by atoms with Gasteiger partial charge < -0.3 is 14.5 Å². The Morgan fingerprint density at radius 2 is 1.87 bits per heavy atom. The highest BCUT2D eigenvalue weighted by Crippen LogP contribution is 2.30. The van der Waals surface area contributed by atoms with Gasteiger partial charge in [0, 0.05) is 36.1 Å². The van der Waals surface area contributed by atoms with Crippen LogP contribution in [0.5, 0.6) is 0 Å². The van der Waals surface area contributed by atoms with Crippen LogP contribution in [0.3, 0.4) is 0 Å². The number of hydrogen-bond donors (Lipinski definition) is 2. The summed E-state index contributed by atoms with van der Waals surface area (Å²) in [5.41, 5.74) is 2.47. The molecule has 0 saturated heterocycles. The second kappa shape index (κ2) is 12.7. The van der Waals surface area contributed by atoms with E-state index in [1.807, 2.05) is 17.5 Å². The van der Waals surface area contributed by atoms with E-state index in [9.17, 15) is 14.4 Å². The number of aryl methyl sites for hydroxylation is 1. The molecular weight excluding hydrogens is 502 g/mol. The molecule has 4 aromatic rings. The van der Waals surface area contributed by atoms with E-state index in [0.29, 0.717) is 39.2 Å². The van der Waals surface area contributed by atoms with Gasteiger partial charge in [-0.2, -0.15) is 0 Å². The maximum Gasteiger partial charge on any atom is 0.333 e. The van der Waals surface area contributed by atoms with Crippen LogP contribution in [0, 0.1) is 6.92 Å². The molecule has 0 saturated carbocycles. The molecule has 200 valence electrons. The summed E-state index contributed by atoms with van der Waals surface area (Å²) >= 11 is 1.34. The number of unbranched alkanes of at least 4 members (excludes halogenated alkanes) is 2. The lowest BCUT2D eigenvalue weighted by molar-refractivity contribution is 0.131. The number of thiophene rings is 1. The first-order chi connectivity index (χ1) is 18.4. The van der Waals surface area contributed by atoms with E-state index < -0.39 is 11.2 Å². The number of nitrogens with one attached hydrogen (secondary N) is 2. The van der Waals surface area contributed by atoms with Crippen LogP contribution in [-0.2, 0) is 4.74 Å². The lowest BCUT2D eigenvalue weighted by Crippen LogP contribution is -2.33. The lowest BCUT2D eigenvalue weighted by Gasteiger charge is -2.19. The summed E-state index contributed by atoms with van der Waals surface area (Å²) in [4.78, 5) is 39.1. The van der Waals surface area contributed by atoms with E-state index in [1.54, 1.807) is 31.2 Å². The van der Waals surface area contributed by atoms with Crippen molar-refractivity contribution in [1.82, 2.24) is 14.9 Å². The SMILES string of the molecule is CCCCCOCCC.Cc1cc(=O)c2scc(C3=CC=C(n4c(=O)[nH]c(=O)c5ccccc54)CN3)c2o1. The summed E-state index contributed by atoms with van der Waals surface area (Å²) in [5, 5.41) is 5.62. The van der Waals surface area contributed by atoms with E-state index in [2.05, 4.69) is 24.1 Å². The Morgan fingerprint density at radius 3 is 2.61 bits per heavy atom. The molecule has 8 nitrogen and oxygen atoms in total. The van der Waals surface area contributed by atoms with Crippen LogP contribution in [0.2, 0.25) is 0 Å². The maximum absolute atomic E-state index is 12.5. The minimum absolute atomic E-state index is 0.0566. The Balaban J connectivity index is 0.000000323. The highest BCUT2D eigenvalue weighted by molar-refractivity contribution is 7.17. The molecule has 9 heteroatoms. The van der Waals surface area contributed by atoms with Crippen molar-refractivity contribution in [1.29, 1.82) is 0 Å². The molecule has 38 heavy (non-hydrogen) atoms. The van der Waals surface area contributed by atoms with E-state index >= 15 is 0 Å². The van der Waals surface area contributed by atoms with Crippen LogP contribution >= 0.6 is 11.3 Å². The van der Waals surface area contributed by atoms with Crippen molar-refractivity contribution in [3.63, 3.8) is 0 Å². The van der Waals surface area contributed by atoms with Crippen LogP contribution in [-0.4, -0.2) is 29.3 Å². The molecule has 0 bridgehead atoms. The molecule has 4 heterocycles. The number of nitrogens with zero attached hydrogens (tertiary/aromatic N) is 1. The van der Waals surface area contributed by atoms with E-state index in [1.165, 1.54) is 41.2 Å². The number of benzene rings is 1. The molecule has 0 amide bonds. The van der Waals surface area contributed by atoms with E-state index in [-0.39, 0.29) is 5.43 Å². The van der Waals surface area contributed by atoms with E-state index in [4.69, 9.17) is 9.15 Å². The number of rotatable bonds is 8. The summed E-state index contributed by atoms with van der Waals surface area (Å²) < 4.78 is 13.1. The van der Waals surface area contributed by atoms with Gasteiger partial charge in [0.25, 0.3) is 5.56 Å². The molecule has 0 atom stereocenters. The number of para-hydroxylation sites is 1. The Labute approximate surface area is 224 Å². The van der Waals surface area contributed by atoms with Crippen molar-refractivity contribution in [2.24, 2.45) is 0 Å². The minimum Gasteiger partial charge on any atom is -0.459 e. The molecule has 0 spiro atoms. The van der Waals surface area contributed by atoms with Gasteiger partial charge in [0.05, 0.1) is 23.0 Å². The average Bonchev–Trinajstić information content (AvgIpc) is 3.34. The van der Waals surface area contributed by atoms with Gasteiger partial charge >= 0.3 is 5.69 Å². The summed E-state index contributed by atoms with van der Waals surface area (Å²) in [6, 6.07) is 8.46. The number of hydrogen-bond acceptors (Lipinski definition) is 7. The summed E-state index contributed by atoms with van der Waals surface area (Å²) in [5.74, 6) is 0.557. The third-order valence-electron chi connectivity index (χ3n) is 6.10. The first-order valence-electron chi connectivity index (χ1n) is 12.9. The van der Waals surface area contributed by atoms with Crippen molar-refractivity contribution in [2.45, 2.75) is 46.5 Å². The van der Waals surface area contributed by atoms with Crippen LogP contribution in [0.15, 0.2) is 66.7 Å². The number of ether oxygens (including phenoxy) is 1. The van der Waals surface area contributed by atoms with Gasteiger partial charge in [0.1, 0.15) is 10.5 Å². The molecule has 0 unspecified atom stereocenters. The maximum atomic E-state index is 12.5. The average molecular weight is 536 g/mol. The monoisotopic (exact) mass is 535 g/mol. The predicted molar refractivity (Wildman–Crippen MR) is 155 cm³/mol. The predicted octanol–water partition coefficient (Wildman–Crippen LogP) is 5.25. The number of allylic oxidation sites excluding steroid dienone is 2. The van der Waals surface area contributed by atoms with Crippen LogP contribution < -0.4 is 22.0 Å². The molecule has 2 N–H and O–H groups in total. The fourth-order valence-corrected chi connectivity index (χ4v) is 5.15. The number of H-pyrrole nitrogens is 1. The molecule has 0 fully saturated rings. The Hall–Kier alpha value is -3.69. The quantitative estimate of drug-likeness (QED) is 0.298. The Bertz CT molecular complexity index is 1650. The number of dihydropyridines is 1. The highest BCUT2D eigenvalue weighted by Gasteiger charge is 2.18. The van der Waals surface area contributed by atoms with Gasteiger partial charge in [-0.05, 0) is 44.1 Å². The summed E-state index contributed by atoms with van der Waals surface area (Å²) in [6.07, 6.45) is 8.65. The van der Waals surface area contributed by atoms with Gasteiger partial charge in [0.15, 0.2) is 5.58 Å². The number of aromatic amines is 1. The van der Waals surface area contributed by atoms with Crippen molar-refractivity contribution in [2.75, 3.05) is 19.8 Å². The van der Waals surface area contributed by atoms with Gasteiger partial charge in [0.2, 0.25) is 5.43 Å². The second-order valence-electron chi connectivity index (χ2n) is 9.05. The molecular formula is C29H33N3O5S. The largest absolute Gasteiger partial charge is 0.459 e. The third kappa shape index (κ3) is 6.06. The lowest BCUT2D eigenvalue weighted by atomic mass is 10.1. The Kier molecular flexibility index (Phi) is 9.15. The Morgan fingerprint density at radius 1 is 1.05 bits per heavy atom. The number of fused-ring (bicyclic) bond motifs is 2. The van der Waals surface area contributed by atoms with E-state index in [0.717, 1.165) is 30.9 Å². The van der Waals surface area contributed by atoms with Gasteiger partial charge in [-0.1, -0.05) is 38.8 Å². The van der Waals surface area contributed by atoms with Crippen molar-refractivity contribution in [3.8, 4) is 0 Å². The molecule has 3 aromatic heterocycles. The van der Waals surface area contributed by atoms with Crippen LogP contribution in [0.1, 0.15) is 50.9 Å². The molecule has 0 aliphatic carbocycles. The van der Waals surface area contributed by atoms with Gasteiger partial charge in [-0.15, -0.1) is 11.3 Å². The highest BCUT2D eigenvalue weighted by atomic mass is 32.1. The van der Waals surface area contributed by atoms with Crippen LogP contribution in [0.4, 0.5) is 0 Å². The molecule has 1 aliphatic heterocycles. The standard InChI is InChI=1S/C21H15N3O4S.C8H18O/c1-11-8-17(25)19-18(28-11)14(10-29-19)15-7-6-12(9-22-15)24-16-5-3-2-4-13(16)20(26)23-21(24)27;1-3-5-6-8-9-7-4-2/h2-8,10,22H,9H2,1H3,(H,23,26,27);3-8H2,1-2H3. The number of aromatic nitrogens is 2. The first kappa shape index (κ1) is 27.3. The first-order valence-corrected chi connectivity index (χ1v) is 13.8. The second-order valence-corrected chi connectivity index (χ2v) is 9.93. The van der Waals surface area contributed by atoms with Crippen LogP contribution in [0.25, 0.3) is 32.6 Å². The molecule has 1 aliphatic rings. The van der Waals surface area contributed by atoms with Crippen molar-refractivity contribution < 1.29 is 9.15 Å². The fourth-order valence-electron chi connectivity index (χ4n) is 4.24. The zero-order valence-corrected chi connectivity index (χ0v) is 22.8. The van der Waals surface area contributed by atoms with Crippen molar-refractivity contribution >= 4 is 43.9 Å². The molecule has 0 radical (unpaired) electrons. The fraction of sp³-hybridized carbons (Fsp3) is 0.345. The smallest absolute Gasteiger partial charge is 0.333 e. The minimum atomic E-state index is -0.485. The summed E-state index contributed by atoms with van der Waals surface area (Å²) in [7, 11) is 0. The van der Waals surface area contributed by atoms with Gasteiger partial charge in [-0.3, -0.25) is 19.1 Å². The third-order valence-corrected chi connectivity index (χ3v) is 7.08. The summed E-state index contributed by atoms with van der Waals surface area (Å²) in [6.45, 7) is 8.36. The zero-order valence-electron chi connectivity index (χ0n) is 22.0. The molecule has 5 rings (SSSR count). The zero-order chi connectivity index (χ0) is 27.1. The normalized spacial score (nSPS) is 13.0. The van der Waals surface area contributed by atoms with Gasteiger partial charge in [-0.25, -0.2) is 4.79 Å². The van der Waals surface area contributed by atoms with Crippen molar-refractivity contribution in [3.05, 3.63) is 90.2 Å².